The van der Waals surface area contributed by atoms with Crippen LogP contribution in [0.15, 0.2) is 0 Å². The Labute approximate surface area is 204 Å². The van der Waals surface area contributed by atoms with E-state index in [-0.39, 0.29) is 78.1 Å². The smallest absolute Gasteiger partial charge is 0.480 e. The number of carbonyl (C=O) groups is 5. The van der Waals surface area contributed by atoms with E-state index in [4.69, 9.17) is 20.4 Å². The Morgan fingerprint density at radius 3 is 1.10 bits per heavy atom. The van der Waals surface area contributed by atoms with Crippen molar-refractivity contribution >= 4 is 29.8 Å². The number of rotatable bonds is 16. The number of methoxy groups -OCH3 is 1. The summed E-state index contributed by atoms with van der Waals surface area (Å²) in [5, 5.41) is 35.4. The van der Waals surface area contributed by atoms with Crippen LogP contribution in [0.3, 0.4) is 0 Å². The first kappa shape index (κ1) is 33.2. The summed E-state index contributed by atoms with van der Waals surface area (Å²) in [7, 11) is 1.17. The Kier molecular flexibility index (Phi) is 20.2. The van der Waals surface area contributed by atoms with Crippen LogP contribution in [-0.4, -0.2) is 131 Å². The summed E-state index contributed by atoms with van der Waals surface area (Å²) in [5.74, 6) is -5.46. The fourth-order valence-electron chi connectivity index (χ4n) is 2.28. The number of carboxylic acid groups (broad SMARTS) is 4. The van der Waals surface area contributed by atoms with Gasteiger partial charge in [-0.15, -0.1) is 0 Å². The second-order valence-electron chi connectivity index (χ2n) is 5.85. The third kappa shape index (κ3) is 18.5. The fraction of sp³-hybridized carbons (Fsp3) is 0.667. The zero-order chi connectivity index (χ0) is 21.7. The van der Waals surface area contributed by atoms with Crippen molar-refractivity contribution in [3.63, 3.8) is 0 Å². The minimum Gasteiger partial charge on any atom is -0.480 e. The average Bonchev–Trinajstić information content (AvgIpc) is 2.54. The minimum absolute atomic E-state index is 0. The van der Waals surface area contributed by atoms with E-state index in [1.165, 1.54) is 12.0 Å². The van der Waals surface area contributed by atoms with Gasteiger partial charge in [-0.2, -0.15) is 0 Å². The summed E-state index contributed by atoms with van der Waals surface area (Å²) < 4.78 is 4.57. The Balaban J connectivity index is -0.00000364. The molecule has 0 atom stereocenters. The van der Waals surface area contributed by atoms with Crippen molar-refractivity contribution in [3.05, 3.63) is 0 Å². The van der Waals surface area contributed by atoms with E-state index in [1.807, 2.05) is 0 Å². The molecule has 0 rings (SSSR count). The molecule has 15 heteroatoms. The van der Waals surface area contributed by atoms with Gasteiger partial charge in [-0.3, -0.25) is 38.7 Å². The molecule has 0 aliphatic carbocycles. The van der Waals surface area contributed by atoms with Crippen LogP contribution >= 0.6 is 0 Å². The predicted molar refractivity (Wildman–Crippen MR) is 96.8 cm³/mol. The van der Waals surface area contributed by atoms with Crippen LogP contribution in [0.25, 0.3) is 0 Å². The van der Waals surface area contributed by atoms with Crippen LogP contribution in [0.5, 0.6) is 0 Å². The zero-order valence-electron chi connectivity index (χ0n) is 16.4. The van der Waals surface area contributed by atoms with Gasteiger partial charge in [-0.1, -0.05) is 0 Å². The van der Waals surface area contributed by atoms with Crippen molar-refractivity contribution < 1.29 is 94.6 Å². The number of hydrogen-bond donors (Lipinski definition) is 4. The van der Waals surface area contributed by atoms with Crippen LogP contribution in [0, 0.1) is 39.9 Å². The summed E-state index contributed by atoms with van der Waals surface area (Å²) in [5.41, 5.74) is 0. The molecule has 0 aromatic heterocycles. The van der Waals surface area contributed by atoms with Gasteiger partial charge in [0.25, 0.3) is 0 Å². The molecule has 7 N–H and O–H groups in total. The summed E-state index contributed by atoms with van der Waals surface area (Å²) in [4.78, 5) is 58.7. The number of aliphatic carboxylic acids is 4. The summed E-state index contributed by atoms with van der Waals surface area (Å²) >= 11 is 0. The molecule has 0 aromatic carbocycles. The SMILES string of the molecule is COC(=O)CN(CCN(CC(=O)O)CC(=O)O)CCN(CC(=O)O)CC(=O)O.[Gd+3].[OH3+]. The van der Waals surface area contributed by atoms with E-state index in [1.54, 1.807) is 0 Å². The second-order valence-corrected chi connectivity index (χ2v) is 5.85. The molecule has 14 nitrogen and oxygen atoms in total. The molecule has 0 fully saturated rings. The monoisotopic (exact) mass is 584 g/mol. The van der Waals surface area contributed by atoms with Gasteiger partial charge in [0.05, 0.1) is 39.8 Å². The van der Waals surface area contributed by atoms with Gasteiger partial charge in [0.2, 0.25) is 0 Å². The number of carboxylic acids is 4. The number of nitrogens with zero attached hydrogens (tertiary/aromatic N) is 3. The molecule has 0 unspecified atom stereocenters. The van der Waals surface area contributed by atoms with Crippen molar-refractivity contribution in [1.82, 2.24) is 14.7 Å². The van der Waals surface area contributed by atoms with Gasteiger partial charge in [-0.25, -0.2) is 0 Å². The quantitative estimate of drug-likeness (QED) is 0.102. The van der Waals surface area contributed by atoms with Gasteiger partial charge >= 0.3 is 69.8 Å². The molecular weight excluding hydrogens is 555 g/mol. The molecule has 0 bridgehead atoms. The molecule has 0 saturated heterocycles. The Morgan fingerprint density at radius 1 is 0.600 bits per heavy atom. The van der Waals surface area contributed by atoms with E-state index in [0.29, 0.717) is 0 Å². The fourth-order valence-corrected chi connectivity index (χ4v) is 2.28. The van der Waals surface area contributed by atoms with E-state index in [0.717, 1.165) is 9.80 Å². The molecular formula is C15H28GdN3O11+4. The van der Waals surface area contributed by atoms with Gasteiger partial charge in [0, 0.05) is 26.2 Å². The summed E-state index contributed by atoms with van der Waals surface area (Å²) in [6, 6.07) is 0. The van der Waals surface area contributed by atoms with Gasteiger partial charge in [-0.05, 0) is 0 Å². The maximum atomic E-state index is 11.6. The largest absolute Gasteiger partial charge is 3.00 e. The topological polar surface area (TPSA) is 218 Å². The molecule has 0 amide bonds. The third-order valence-corrected chi connectivity index (χ3v) is 3.48. The second kappa shape index (κ2) is 18.3. The van der Waals surface area contributed by atoms with Gasteiger partial charge in [0.15, 0.2) is 0 Å². The standard InChI is InChI=1S/C15H25N3O10.Gd.H2O/c1-28-15(27)10-16(2-4-17(6-11(19)20)7-12(21)22)3-5-18(8-13(23)24)9-14(25)26;;/h2-10H2,1H3,(H,19,20)(H,21,22)(H,23,24)(H,25,26);;1H2/q;+3;/p+1. The molecule has 0 spiro atoms. The Bertz CT molecular complexity index is 504. The van der Waals surface area contributed by atoms with Crippen molar-refractivity contribution in [2.45, 2.75) is 0 Å². The van der Waals surface area contributed by atoms with Crippen molar-refractivity contribution in [2.24, 2.45) is 0 Å². The Hall–Kier alpha value is -1.49. The molecule has 173 valence electrons. The van der Waals surface area contributed by atoms with Crippen LogP contribution in [0.1, 0.15) is 0 Å². The first-order valence-electron chi connectivity index (χ1n) is 8.14. The molecule has 0 saturated carbocycles. The number of hydrogen-bond acceptors (Lipinski definition) is 9. The van der Waals surface area contributed by atoms with Gasteiger partial charge in [0.1, 0.15) is 0 Å². The normalized spacial score (nSPS) is 10.3. The molecule has 1 radical (unpaired) electrons. The molecule has 0 aromatic rings. The van der Waals surface area contributed by atoms with E-state index >= 15 is 0 Å². The van der Waals surface area contributed by atoms with Crippen molar-refractivity contribution in [2.75, 3.05) is 66.0 Å². The van der Waals surface area contributed by atoms with Crippen LogP contribution in [-0.2, 0) is 34.2 Å². The van der Waals surface area contributed by atoms with Crippen LogP contribution in [0.2, 0.25) is 0 Å². The zero-order valence-corrected chi connectivity index (χ0v) is 18.6. The van der Waals surface area contributed by atoms with Crippen molar-refractivity contribution in [1.29, 1.82) is 0 Å². The van der Waals surface area contributed by atoms with E-state index in [2.05, 4.69) is 4.74 Å². The summed E-state index contributed by atoms with van der Waals surface area (Å²) in [6.07, 6.45) is 0. The van der Waals surface area contributed by atoms with Crippen molar-refractivity contribution in [3.8, 4) is 0 Å². The van der Waals surface area contributed by atoms with Crippen LogP contribution in [0.4, 0.5) is 0 Å². The Morgan fingerprint density at radius 2 is 0.867 bits per heavy atom. The molecule has 30 heavy (non-hydrogen) atoms. The summed E-state index contributed by atoms with van der Waals surface area (Å²) in [6.45, 7) is -2.07. The molecule has 0 aliphatic rings. The number of esters is 1. The third-order valence-electron chi connectivity index (χ3n) is 3.48. The first-order chi connectivity index (χ1) is 13.0. The van der Waals surface area contributed by atoms with E-state index < -0.39 is 56.0 Å². The first-order valence-corrected chi connectivity index (χ1v) is 8.14. The maximum absolute atomic E-state index is 11.6. The predicted octanol–water partition coefficient (Wildman–Crippen LogP) is -3.52. The number of ether oxygens (including phenoxy) is 1. The van der Waals surface area contributed by atoms with Gasteiger partial charge < -0.3 is 30.6 Å². The molecule has 0 heterocycles. The van der Waals surface area contributed by atoms with E-state index in [9.17, 15) is 24.0 Å². The van der Waals surface area contributed by atoms with Crippen LogP contribution < -0.4 is 0 Å². The maximum Gasteiger partial charge on any atom is 3.00 e. The minimum atomic E-state index is -1.21. The number of carbonyl (C=O) groups excluding carboxylic acids is 1. The average molecular weight is 584 g/mol. The molecule has 0 aliphatic heterocycles.